The Morgan fingerprint density at radius 2 is 1.89 bits per heavy atom. The quantitative estimate of drug-likeness (QED) is 0.793. The third-order valence-electron chi connectivity index (χ3n) is 4.90. The van der Waals surface area contributed by atoms with Gasteiger partial charge in [-0.1, -0.05) is 12.5 Å². The lowest BCUT2D eigenvalue weighted by molar-refractivity contribution is -0.116. The highest BCUT2D eigenvalue weighted by Gasteiger charge is 2.16. The first-order chi connectivity index (χ1) is 13.6. The highest BCUT2D eigenvalue weighted by Crippen LogP contribution is 2.18. The fraction of sp³-hybridized carbons (Fsp3) is 0.429. The number of piperidine rings is 1. The number of ether oxygens (including phenoxy) is 2. The van der Waals surface area contributed by atoms with Crippen molar-refractivity contribution < 1.29 is 14.3 Å². The van der Waals surface area contributed by atoms with Crippen molar-refractivity contribution >= 4 is 11.6 Å². The highest BCUT2D eigenvalue weighted by atomic mass is 16.5. The van der Waals surface area contributed by atoms with Crippen molar-refractivity contribution in [3.63, 3.8) is 0 Å². The molecule has 7 nitrogen and oxygen atoms in total. The van der Waals surface area contributed by atoms with Crippen LogP contribution in [0.4, 0.5) is 5.69 Å². The van der Waals surface area contributed by atoms with Crippen LogP contribution >= 0.6 is 0 Å². The van der Waals surface area contributed by atoms with Crippen molar-refractivity contribution in [2.75, 3.05) is 32.6 Å². The van der Waals surface area contributed by atoms with E-state index < -0.39 is 0 Å². The molecule has 28 heavy (non-hydrogen) atoms. The highest BCUT2D eigenvalue weighted by molar-refractivity contribution is 5.90. The van der Waals surface area contributed by atoms with Gasteiger partial charge in [-0.3, -0.25) is 14.5 Å². The second-order valence-electron chi connectivity index (χ2n) is 6.94. The SMILES string of the molecule is COc1cccc(NC(=O)Cn2cc(OC)c(=O)cc2CN2CCCCC2)c1. The van der Waals surface area contributed by atoms with E-state index in [9.17, 15) is 9.59 Å². The van der Waals surface area contributed by atoms with Crippen LogP contribution in [0.2, 0.25) is 0 Å². The van der Waals surface area contributed by atoms with Crippen molar-refractivity contribution in [2.45, 2.75) is 32.4 Å². The van der Waals surface area contributed by atoms with Crippen LogP contribution in [-0.2, 0) is 17.9 Å². The third kappa shape index (κ3) is 5.13. The number of amides is 1. The first kappa shape index (κ1) is 19.9. The molecule has 1 amide bonds. The predicted molar refractivity (Wildman–Crippen MR) is 108 cm³/mol. The molecule has 1 aliphatic heterocycles. The second kappa shape index (κ2) is 9.41. The van der Waals surface area contributed by atoms with Crippen LogP contribution in [0.5, 0.6) is 11.5 Å². The average Bonchev–Trinajstić information content (AvgIpc) is 2.70. The number of carbonyl (C=O) groups excluding carboxylic acids is 1. The van der Waals surface area contributed by atoms with Crippen LogP contribution in [0.25, 0.3) is 0 Å². The van der Waals surface area contributed by atoms with Crippen LogP contribution in [0.3, 0.4) is 0 Å². The molecule has 7 heteroatoms. The first-order valence-corrected chi connectivity index (χ1v) is 9.52. The maximum Gasteiger partial charge on any atom is 0.244 e. The molecule has 1 N–H and O–H groups in total. The van der Waals surface area contributed by atoms with E-state index in [4.69, 9.17) is 9.47 Å². The largest absolute Gasteiger partial charge is 0.497 e. The summed E-state index contributed by atoms with van der Waals surface area (Å²) in [4.78, 5) is 27.2. The Bertz CT molecular complexity index is 872. The summed E-state index contributed by atoms with van der Waals surface area (Å²) in [5.74, 6) is 0.726. The summed E-state index contributed by atoms with van der Waals surface area (Å²) in [5.41, 5.74) is 1.31. The number of pyridine rings is 1. The summed E-state index contributed by atoms with van der Waals surface area (Å²) in [7, 11) is 3.04. The molecule has 2 aromatic rings. The van der Waals surface area contributed by atoms with E-state index in [1.165, 1.54) is 13.5 Å². The summed E-state index contributed by atoms with van der Waals surface area (Å²) in [5, 5.41) is 2.88. The Hall–Kier alpha value is -2.80. The number of nitrogens with one attached hydrogen (secondary N) is 1. The maximum absolute atomic E-state index is 12.6. The van der Waals surface area contributed by atoms with Crippen molar-refractivity contribution in [1.29, 1.82) is 0 Å². The summed E-state index contributed by atoms with van der Waals surface area (Å²) in [6, 6.07) is 8.78. The summed E-state index contributed by atoms with van der Waals surface area (Å²) >= 11 is 0. The third-order valence-corrected chi connectivity index (χ3v) is 4.90. The van der Waals surface area contributed by atoms with E-state index in [2.05, 4.69) is 10.2 Å². The normalized spacial score (nSPS) is 14.5. The Kier molecular flexibility index (Phi) is 6.71. The van der Waals surface area contributed by atoms with Gasteiger partial charge in [-0.2, -0.15) is 0 Å². The van der Waals surface area contributed by atoms with Gasteiger partial charge in [0.15, 0.2) is 5.75 Å². The molecule has 1 aromatic heterocycles. The summed E-state index contributed by atoms with van der Waals surface area (Å²) < 4.78 is 12.2. The van der Waals surface area contributed by atoms with Crippen LogP contribution < -0.4 is 20.2 Å². The zero-order valence-electron chi connectivity index (χ0n) is 16.4. The smallest absolute Gasteiger partial charge is 0.244 e. The molecule has 1 fully saturated rings. The van der Waals surface area contributed by atoms with E-state index >= 15 is 0 Å². The summed E-state index contributed by atoms with van der Waals surface area (Å²) in [6.07, 6.45) is 5.19. The molecular formula is C21H27N3O4. The molecule has 2 heterocycles. The van der Waals surface area contributed by atoms with E-state index in [0.29, 0.717) is 18.0 Å². The molecule has 1 aliphatic rings. The van der Waals surface area contributed by atoms with E-state index in [1.54, 1.807) is 36.1 Å². The Balaban J connectivity index is 1.78. The van der Waals surface area contributed by atoms with Gasteiger partial charge in [0, 0.05) is 30.1 Å². The van der Waals surface area contributed by atoms with Crippen molar-refractivity contribution in [1.82, 2.24) is 9.47 Å². The average molecular weight is 385 g/mol. The maximum atomic E-state index is 12.6. The van der Waals surface area contributed by atoms with E-state index in [1.807, 2.05) is 12.1 Å². The van der Waals surface area contributed by atoms with Crippen molar-refractivity contribution in [3.05, 3.63) is 52.4 Å². The number of hydrogen-bond donors (Lipinski definition) is 1. The van der Waals surface area contributed by atoms with Crippen LogP contribution in [0.15, 0.2) is 41.3 Å². The summed E-state index contributed by atoms with van der Waals surface area (Å²) in [6.45, 7) is 2.76. The van der Waals surface area contributed by atoms with Gasteiger partial charge in [0.2, 0.25) is 11.3 Å². The zero-order chi connectivity index (χ0) is 19.9. The number of carbonyl (C=O) groups is 1. The Labute approximate surface area is 164 Å². The number of anilines is 1. The minimum Gasteiger partial charge on any atom is -0.497 e. The molecule has 1 saturated heterocycles. The molecule has 0 unspecified atom stereocenters. The van der Waals surface area contributed by atoms with Gasteiger partial charge in [0.1, 0.15) is 12.3 Å². The van der Waals surface area contributed by atoms with Gasteiger partial charge in [0.05, 0.1) is 20.4 Å². The number of methoxy groups -OCH3 is 2. The number of benzene rings is 1. The van der Waals surface area contributed by atoms with Gasteiger partial charge >= 0.3 is 0 Å². The molecule has 0 spiro atoms. The topological polar surface area (TPSA) is 72.8 Å². The monoisotopic (exact) mass is 385 g/mol. The molecular weight excluding hydrogens is 358 g/mol. The molecule has 150 valence electrons. The standard InChI is InChI=1S/C21H27N3O4/c1-27-18-8-6-7-16(11-18)22-21(26)15-24-14-20(28-2)19(25)12-17(24)13-23-9-4-3-5-10-23/h6-8,11-12,14H,3-5,9-10,13,15H2,1-2H3,(H,22,26). The molecule has 0 bridgehead atoms. The van der Waals surface area contributed by atoms with Crippen molar-refractivity contribution in [3.8, 4) is 11.5 Å². The number of rotatable bonds is 7. The molecule has 1 aromatic carbocycles. The fourth-order valence-corrected chi connectivity index (χ4v) is 3.43. The van der Waals surface area contributed by atoms with Gasteiger partial charge in [-0.25, -0.2) is 0 Å². The first-order valence-electron chi connectivity index (χ1n) is 9.52. The van der Waals surface area contributed by atoms with Gasteiger partial charge < -0.3 is 19.4 Å². The lowest BCUT2D eigenvalue weighted by atomic mass is 10.1. The fourth-order valence-electron chi connectivity index (χ4n) is 3.43. The minimum absolute atomic E-state index is 0.0943. The second-order valence-corrected chi connectivity index (χ2v) is 6.94. The lowest BCUT2D eigenvalue weighted by Crippen LogP contribution is -2.32. The predicted octanol–water partition coefficient (Wildman–Crippen LogP) is 2.49. The Morgan fingerprint density at radius 3 is 2.61 bits per heavy atom. The minimum atomic E-state index is -0.182. The van der Waals surface area contributed by atoms with Crippen LogP contribution in [0.1, 0.15) is 25.0 Å². The number of likely N-dealkylation sites (tertiary alicyclic amines) is 1. The molecule has 0 atom stereocenters. The molecule has 3 rings (SSSR count). The number of aromatic nitrogens is 1. The number of hydrogen-bond acceptors (Lipinski definition) is 5. The molecule has 0 aliphatic carbocycles. The lowest BCUT2D eigenvalue weighted by Gasteiger charge is -2.27. The molecule has 0 saturated carbocycles. The molecule has 0 radical (unpaired) electrons. The van der Waals surface area contributed by atoms with Gasteiger partial charge in [0.25, 0.3) is 0 Å². The van der Waals surface area contributed by atoms with E-state index in [0.717, 1.165) is 31.6 Å². The van der Waals surface area contributed by atoms with Crippen molar-refractivity contribution in [2.24, 2.45) is 0 Å². The Morgan fingerprint density at radius 1 is 1.11 bits per heavy atom. The number of nitrogens with zero attached hydrogens (tertiary/aromatic N) is 2. The van der Waals surface area contributed by atoms with Crippen LogP contribution in [0, 0.1) is 0 Å². The van der Waals surface area contributed by atoms with Crippen LogP contribution in [-0.4, -0.2) is 42.7 Å². The zero-order valence-corrected chi connectivity index (χ0v) is 16.4. The van der Waals surface area contributed by atoms with Gasteiger partial charge in [-0.15, -0.1) is 0 Å². The van der Waals surface area contributed by atoms with E-state index in [-0.39, 0.29) is 23.6 Å². The van der Waals surface area contributed by atoms with Gasteiger partial charge in [-0.05, 0) is 38.1 Å².